The van der Waals surface area contributed by atoms with Gasteiger partial charge in [0, 0.05) is 43.3 Å². The van der Waals surface area contributed by atoms with Gasteiger partial charge in [0.05, 0.1) is 5.69 Å². The molecule has 1 saturated heterocycles. The van der Waals surface area contributed by atoms with Crippen molar-refractivity contribution in [2.45, 2.75) is 0 Å². The number of hydrogen-bond donors (Lipinski definition) is 2. The lowest BCUT2D eigenvalue weighted by Gasteiger charge is -2.36. The van der Waals surface area contributed by atoms with Crippen molar-refractivity contribution in [3.8, 4) is 17.1 Å². The van der Waals surface area contributed by atoms with Crippen molar-refractivity contribution in [2.75, 3.05) is 31.1 Å². The molecule has 2 N–H and O–H groups in total. The molecule has 0 atom stereocenters. The Labute approximate surface area is 173 Å². The number of carbonyl (C=O) groups excluding carboxylic acids is 1. The molecular weight excluding hydrogens is 378 g/mol. The van der Waals surface area contributed by atoms with Crippen molar-refractivity contribution in [3.63, 3.8) is 0 Å². The van der Waals surface area contributed by atoms with E-state index >= 15 is 0 Å². The molecule has 30 heavy (non-hydrogen) atoms. The standard InChI is InChI=1S/C23H21N5O2/c29-20-9-5-4-8-19(20)27-10-12-28(13-11-27)23(30)18-14-17-15-24-21(26-22(17)25-18)16-6-2-1-3-7-16/h1-9,14-15,29H,10-13H2,(H,24,25,26). The first-order chi connectivity index (χ1) is 14.7. The number of nitrogens with one attached hydrogen (secondary N) is 1. The second-order valence-corrected chi connectivity index (χ2v) is 7.31. The number of amides is 1. The summed E-state index contributed by atoms with van der Waals surface area (Å²) in [7, 11) is 0. The van der Waals surface area contributed by atoms with Gasteiger partial charge in [-0.1, -0.05) is 42.5 Å². The number of rotatable bonds is 3. The molecule has 0 aliphatic carbocycles. The average molecular weight is 399 g/mol. The lowest BCUT2D eigenvalue weighted by atomic mass is 10.2. The molecule has 150 valence electrons. The molecule has 0 bridgehead atoms. The Bertz CT molecular complexity index is 1200. The van der Waals surface area contributed by atoms with Gasteiger partial charge in [0.1, 0.15) is 17.1 Å². The van der Waals surface area contributed by atoms with Gasteiger partial charge >= 0.3 is 0 Å². The zero-order valence-electron chi connectivity index (χ0n) is 16.3. The van der Waals surface area contributed by atoms with E-state index in [9.17, 15) is 9.90 Å². The summed E-state index contributed by atoms with van der Waals surface area (Å²) in [6, 6.07) is 18.9. The summed E-state index contributed by atoms with van der Waals surface area (Å²) in [6.07, 6.45) is 1.74. The second-order valence-electron chi connectivity index (χ2n) is 7.31. The lowest BCUT2D eigenvalue weighted by molar-refractivity contribution is 0.0741. The van der Waals surface area contributed by atoms with Crippen LogP contribution in [0, 0.1) is 0 Å². The molecule has 2 aromatic carbocycles. The summed E-state index contributed by atoms with van der Waals surface area (Å²) in [4.78, 5) is 29.1. The van der Waals surface area contributed by atoms with Gasteiger partial charge in [0.15, 0.2) is 5.82 Å². The predicted molar refractivity (Wildman–Crippen MR) is 116 cm³/mol. The molecule has 0 saturated carbocycles. The number of aromatic amines is 1. The normalized spacial score (nSPS) is 14.3. The van der Waals surface area contributed by atoms with Crippen LogP contribution in [0.3, 0.4) is 0 Å². The molecule has 7 nitrogen and oxygen atoms in total. The number of carbonyl (C=O) groups is 1. The molecule has 4 aromatic rings. The number of nitrogens with zero attached hydrogens (tertiary/aromatic N) is 4. The monoisotopic (exact) mass is 399 g/mol. The Morgan fingerprint density at radius 1 is 0.967 bits per heavy atom. The maximum absolute atomic E-state index is 13.0. The van der Waals surface area contributed by atoms with Crippen molar-refractivity contribution < 1.29 is 9.90 Å². The van der Waals surface area contributed by atoms with Crippen LogP contribution in [0.25, 0.3) is 22.4 Å². The van der Waals surface area contributed by atoms with Crippen molar-refractivity contribution in [2.24, 2.45) is 0 Å². The highest BCUT2D eigenvalue weighted by molar-refractivity contribution is 5.97. The quantitative estimate of drug-likeness (QED) is 0.552. The van der Waals surface area contributed by atoms with E-state index in [-0.39, 0.29) is 11.7 Å². The number of aromatic hydroxyl groups is 1. The van der Waals surface area contributed by atoms with Crippen molar-refractivity contribution >= 4 is 22.6 Å². The fraction of sp³-hybridized carbons (Fsp3) is 0.174. The van der Waals surface area contributed by atoms with Gasteiger partial charge < -0.3 is 19.9 Å². The maximum atomic E-state index is 13.0. The number of H-pyrrole nitrogens is 1. The first-order valence-electron chi connectivity index (χ1n) is 9.92. The van der Waals surface area contributed by atoms with E-state index in [1.807, 2.05) is 53.4 Å². The minimum Gasteiger partial charge on any atom is -0.506 e. The minimum atomic E-state index is -0.0498. The summed E-state index contributed by atoms with van der Waals surface area (Å²) in [6.45, 7) is 2.51. The highest BCUT2D eigenvalue weighted by atomic mass is 16.3. The van der Waals surface area contributed by atoms with E-state index in [2.05, 4.69) is 19.9 Å². The fourth-order valence-electron chi connectivity index (χ4n) is 3.81. The number of piperazine rings is 1. The van der Waals surface area contributed by atoms with Crippen LogP contribution in [0.5, 0.6) is 5.75 Å². The van der Waals surface area contributed by atoms with Crippen LogP contribution in [0.2, 0.25) is 0 Å². The van der Waals surface area contributed by atoms with E-state index in [0.717, 1.165) is 16.6 Å². The Balaban J connectivity index is 1.32. The molecule has 1 aliphatic heterocycles. The van der Waals surface area contributed by atoms with E-state index in [0.29, 0.717) is 43.3 Å². The van der Waals surface area contributed by atoms with Gasteiger partial charge in [-0.05, 0) is 18.2 Å². The zero-order valence-corrected chi connectivity index (χ0v) is 16.3. The average Bonchev–Trinajstić information content (AvgIpc) is 3.23. The number of benzene rings is 2. The first kappa shape index (κ1) is 18.2. The summed E-state index contributed by atoms with van der Waals surface area (Å²) >= 11 is 0. The largest absolute Gasteiger partial charge is 0.506 e. The lowest BCUT2D eigenvalue weighted by Crippen LogP contribution is -2.48. The maximum Gasteiger partial charge on any atom is 0.270 e. The van der Waals surface area contributed by atoms with Crippen LogP contribution in [-0.2, 0) is 0 Å². The molecule has 1 fully saturated rings. The Kier molecular flexibility index (Phi) is 4.55. The highest BCUT2D eigenvalue weighted by Gasteiger charge is 2.24. The smallest absolute Gasteiger partial charge is 0.270 e. The fourth-order valence-corrected chi connectivity index (χ4v) is 3.81. The molecule has 1 aliphatic rings. The van der Waals surface area contributed by atoms with Gasteiger partial charge in [-0.15, -0.1) is 0 Å². The molecule has 2 aromatic heterocycles. The Hall–Kier alpha value is -3.87. The van der Waals surface area contributed by atoms with Crippen molar-refractivity contribution in [1.29, 1.82) is 0 Å². The third-order valence-electron chi connectivity index (χ3n) is 5.42. The van der Waals surface area contributed by atoms with Gasteiger partial charge in [-0.3, -0.25) is 4.79 Å². The van der Waals surface area contributed by atoms with Crippen LogP contribution < -0.4 is 4.90 Å². The van der Waals surface area contributed by atoms with Gasteiger partial charge in [-0.25, -0.2) is 9.97 Å². The summed E-state index contributed by atoms with van der Waals surface area (Å²) < 4.78 is 0. The van der Waals surface area contributed by atoms with Crippen molar-refractivity contribution in [1.82, 2.24) is 19.9 Å². The number of para-hydroxylation sites is 2. The summed E-state index contributed by atoms with van der Waals surface area (Å²) in [5.74, 6) is 0.840. The second kappa shape index (κ2) is 7.51. The van der Waals surface area contributed by atoms with Crippen LogP contribution in [0.4, 0.5) is 5.69 Å². The third kappa shape index (κ3) is 3.34. The highest BCUT2D eigenvalue weighted by Crippen LogP contribution is 2.27. The van der Waals surface area contributed by atoms with E-state index in [1.165, 1.54) is 0 Å². The molecule has 0 radical (unpaired) electrons. The number of hydrogen-bond acceptors (Lipinski definition) is 5. The van der Waals surface area contributed by atoms with Crippen LogP contribution in [0.15, 0.2) is 66.9 Å². The Morgan fingerprint density at radius 3 is 2.47 bits per heavy atom. The molecule has 7 heteroatoms. The predicted octanol–water partition coefficient (Wildman–Crippen LogP) is 3.29. The minimum absolute atomic E-state index is 0.0498. The zero-order chi connectivity index (χ0) is 20.5. The van der Waals surface area contributed by atoms with Crippen molar-refractivity contribution in [3.05, 3.63) is 72.6 Å². The topological polar surface area (TPSA) is 85.4 Å². The number of anilines is 1. The molecular formula is C23H21N5O2. The number of aromatic nitrogens is 3. The Morgan fingerprint density at radius 2 is 1.70 bits per heavy atom. The molecule has 0 spiro atoms. The van der Waals surface area contributed by atoms with E-state index in [4.69, 9.17) is 0 Å². The molecule has 0 unspecified atom stereocenters. The molecule has 1 amide bonds. The van der Waals surface area contributed by atoms with Gasteiger partial charge in [-0.2, -0.15) is 0 Å². The number of fused-ring (bicyclic) bond motifs is 1. The molecule has 3 heterocycles. The third-order valence-corrected chi connectivity index (χ3v) is 5.42. The van der Waals surface area contributed by atoms with Gasteiger partial charge in [0.25, 0.3) is 5.91 Å². The van der Waals surface area contributed by atoms with E-state index in [1.54, 1.807) is 18.3 Å². The summed E-state index contributed by atoms with van der Waals surface area (Å²) in [5, 5.41) is 10.9. The first-order valence-corrected chi connectivity index (χ1v) is 9.92. The van der Waals surface area contributed by atoms with Gasteiger partial charge in [0.2, 0.25) is 0 Å². The summed E-state index contributed by atoms with van der Waals surface area (Å²) in [5.41, 5.74) is 2.90. The van der Waals surface area contributed by atoms with Crippen LogP contribution >= 0.6 is 0 Å². The SMILES string of the molecule is O=C(c1cc2cnc(-c3ccccc3)nc2[nH]1)N1CCN(c2ccccc2O)CC1. The van der Waals surface area contributed by atoms with Crippen LogP contribution in [-0.4, -0.2) is 57.0 Å². The molecule has 5 rings (SSSR count). The number of phenolic OH excluding ortho intramolecular Hbond substituents is 1. The number of phenols is 1. The van der Waals surface area contributed by atoms with Crippen LogP contribution in [0.1, 0.15) is 10.5 Å². The van der Waals surface area contributed by atoms with E-state index < -0.39 is 0 Å².